The van der Waals surface area contributed by atoms with Crippen LogP contribution in [0.1, 0.15) is 72.8 Å². The van der Waals surface area contributed by atoms with Crippen molar-refractivity contribution in [1.29, 1.82) is 0 Å². The summed E-state index contributed by atoms with van der Waals surface area (Å²) < 4.78 is 31.6. The third kappa shape index (κ3) is 6.90. The fourth-order valence-electron chi connectivity index (χ4n) is 4.34. The summed E-state index contributed by atoms with van der Waals surface area (Å²) in [5.74, 6) is 0. The van der Waals surface area contributed by atoms with Crippen molar-refractivity contribution >= 4 is 15.4 Å². The molecular formula is C25H43BO5Si. The first kappa shape index (κ1) is 25.9. The highest BCUT2D eigenvalue weighted by atomic mass is 28.4. The van der Waals surface area contributed by atoms with E-state index in [1.807, 2.05) is 0 Å². The van der Waals surface area contributed by atoms with Gasteiger partial charge in [-0.3, -0.25) is 0 Å². The minimum absolute atomic E-state index is 0.113. The number of rotatable bonds is 9. The molecule has 2 saturated heterocycles. The van der Waals surface area contributed by atoms with Gasteiger partial charge in [0, 0.05) is 0 Å². The molecule has 2 aliphatic heterocycles. The SMILES string of the molecule is CC1(C)CCOC(CCC[C@@H](O[Si](C)(C)Cc2ccccc2)B2OC(C)(C)C(C)(C)O2)O1. The summed E-state index contributed by atoms with van der Waals surface area (Å²) in [6, 6.07) is 11.5. The lowest BCUT2D eigenvalue weighted by Crippen LogP contribution is -2.46. The molecule has 2 aliphatic rings. The summed E-state index contributed by atoms with van der Waals surface area (Å²) in [6.45, 7) is 18.0. The maximum atomic E-state index is 6.85. The van der Waals surface area contributed by atoms with Crippen molar-refractivity contribution in [2.45, 2.75) is 115 Å². The van der Waals surface area contributed by atoms with Crippen LogP contribution in [0.5, 0.6) is 0 Å². The van der Waals surface area contributed by atoms with Gasteiger partial charge in [0.2, 0.25) is 0 Å². The molecule has 0 spiro atoms. The molecule has 2 atom stereocenters. The number of hydrogen-bond donors (Lipinski definition) is 0. The van der Waals surface area contributed by atoms with Gasteiger partial charge in [-0.1, -0.05) is 30.3 Å². The average molecular weight is 463 g/mol. The molecule has 0 bridgehead atoms. The van der Waals surface area contributed by atoms with Crippen LogP contribution >= 0.6 is 0 Å². The lowest BCUT2D eigenvalue weighted by atomic mass is 9.78. The van der Waals surface area contributed by atoms with Gasteiger partial charge in [-0.15, -0.1) is 0 Å². The Morgan fingerprint density at radius 1 is 1.03 bits per heavy atom. The standard InChI is InChI=1S/C25H43BO5Si/c1-23(2)17-18-27-22(28-23)16-12-15-21(26-30-24(3,4)25(5,6)31-26)29-32(7,8)19-20-13-10-9-11-14-20/h9-11,13-14,21-22H,12,15-19H2,1-8H3/t21-,22?/m1/s1. The quantitative estimate of drug-likeness (QED) is 0.441. The third-order valence-corrected chi connectivity index (χ3v) is 9.11. The maximum absolute atomic E-state index is 6.85. The number of ether oxygens (including phenoxy) is 2. The monoisotopic (exact) mass is 462 g/mol. The van der Waals surface area contributed by atoms with Crippen LogP contribution < -0.4 is 0 Å². The zero-order valence-corrected chi connectivity index (χ0v) is 22.4. The average Bonchev–Trinajstić information content (AvgIpc) is 2.88. The number of benzene rings is 1. The second kappa shape index (κ2) is 9.89. The molecule has 3 rings (SSSR count). The van der Waals surface area contributed by atoms with Gasteiger partial charge < -0.3 is 23.2 Å². The fraction of sp³-hybridized carbons (Fsp3) is 0.760. The van der Waals surface area contributed by atoms with Crippen molar-refractivity contribution in [3.8, 4) is 0 Å². The smallest absolute Gasteiger partial charge is 0.416 e. The molecule has 180 valence electrons. The van der Waals surface area contributed by atoms with E-state index < -0.39 is 8.32 Å². The van der Waals surface area contributed by atoms with E-state index in [1.54, 1.807) is 0 Å². The molecular weight excluding hydrogens is 419 g/mol. The predicted octanol–water partition coefficient (Wildman–Crippen LogP) is 5.70. The van der Waals surface area contributed by atoms with Crippen molar-refractivity contribution in [1.82, 2.24) is 0 Å². The Bertz CT molecular complexity index is 721. The molecule has 5 nitrogen and oxygen atoms in total. The highest BCUT2D eigenvalue weighted by Gasteiger charge is 2.54. The zero-order chi connectivity index (χ0) is 23.6. The van der Waals surface area contributed by atoms with Crippen LogP contribution in [0, 0.1) is 0 Å². The van der Waals surface area contributed by atoms with E-state index >= 15 is 0 Å². The molecule has 1 aromatic carbocycles. The predicted molar refractivity (Wildman–Crippen MR) is 132 cm³/mol. The molecule has 2 heterocycles. The topological polar surface area (TPSA) is 46.2 Å². The normalized spacial score (nSPS) is 25.6. The second-order valence-corrected chi connectivity index (χ2v) is 15.7. The van der Waals surface area contributed by atoms with Gasteiger partial charge in [0.25, 0.3) is 0 Å². The van der Waals surface area contributed by atoms with Gasteiger partial charge in [-0.25, -0.2) is 0 Å². The molecule has 0 saturated carbocycles. The van der Waals surface area contributed by atoms with Crippen molar-refractivity contribution < 1.29 is 23.2 Å². The first-order valence-electron chi connectivity index (χ1n) is 12.2. The molecule has 0 aliphatic carbocycles. The third-order valence-electron chi connectivity index (χ3n) is 6.90. The summed E-state index contributed by atoms with van der Waals surface area (Å²) in [5.41, 5.74) is 0.464. The van der Waals surface area contributed by atoms with Crippen LogP contribution in [-0.2, 0) is 29.3 Å². The van der Waals surface area contributed by atoms with Gasteiger partial charge in [0.15, 0.2) is 14.6 Å². The van der Waals surface area contributed by atoms with E-state index in [9.17, 15) is 0 Å². The Labute approximate surface area is 196 Å². The van der Waals surface area contributed by atoms with E-state index in [2.05, 4.69) is 85.0 Å². The molecule has 2 fully saturated rings. The van der Waals surface area contributed by atoms with Gasteiger partial charge in [0.1, 0.15) is 0 Å². The molecule has 1 unspecified atom stereocenters. The molecule has 32 heavy (non-hydrogen) atoms. The maximum Gasteiger partial charge on any atom is 0.487 e. The van der Waals surface area contributed by atoms with Crippen molar-refractivity contribution in [3.05, 3.63) is 35.9 Å². The Balaban J connectivity index is 1.65. The molecule has 0 amide bonds. The van der Waals surface area contributed by atoms with Crippen LogP contribution in [-0.4, -0.2) is 51.1 Å². The van der Waals surface area contributed by atoms with Crippen molar-refractivity contribution in [2.75, 3.05) is 6.61 Å². The van der Waals surface area contributed by atoms with Crippen LogP contribution in [0.15, 0.2) is 30.3 Å². The lowest BCUT2D eigenvalue weighted by Gasteiger charge is -2.36. The highest BCUT2D eigenvalue weighted by Crippen LogP contribution is 2.39. The van der Waals surface area contributed by atoms with E-state index in [0.717, 1.165) is 38.3 Å². The zero-order valence-electron chi connectivity index (χ0n) is 21.4. The Morgan fingerprint density at radius 2 is 1.66 bits per heavy atom. The van der Waals surface area contributed by atoms with Crippen LogP contribution in [0.4, 0.5) is 0 Å². The van der Waals surface area contributed by atoms with Crippen LogP contribution in [0.2, 0.25) is 13.1 Å². The van der Waals surface area contributed by atoms with E-state index in [-0.39, 0.29) is 36.2 Å². The number of hydrogen-bond acceptors (Lipinski definition) is 5. The first-order valence-corrected chi connectivity index (χ1v) is 15.3. The molecule has 1 aromatic rings. The Kier molecular flexibility index (Phi) is 8.01. The molecule has 0 radical (unpaired) electrons. The summed E-state index contributed by atoms with van der Waals surface area (Å²) in [5, 5.41) is 0. The van der Waals surface area contributed by atoms with Gasteiger partial charge in [-0.05, 0) is 91.9 Å². The second-order valence-electron chi connectivity index (χ2n) is 11.6. The lowest BCUT2D eigenvalue weighted by molar-refractivity contribution is -0.247. The first-order chi connectivity index (χ1) is 14.8. The molecule has 7 heteroatoms. The van der Waals surface area contributed by atoms with E-state index in [0.29, 0.717) is 0 Å². The largest absolute Gasteiger partial charge is 0.487 e. The van der Waals surface area contributed by atoms with Crippen molar-refractivity contribution in [2.24, 2.45) is 0 Å². The van der Waals surface area contributed by atoms with Crippen LogP contribution in [0.3, 0.4) is 0 Å². The minimum atomic E-state index is -2.00. The van der Waals surface area contributed by atoms with Crippen LogP contribution in [0.25, 0.3) is 0 Å². The van der Waals surface area contributed by atoms with Gasteiger partial charge in [0.05, 0.1) is 29.4 Å². The summed E-state index contributed by atoms with van der Waals surface area (Å²) in [6.07, 6.45) is 3.43. The summed E-state index contributed by atoms with van der Waals surface area (Å²) in [7, 11) is -2.37. The Hall–Kier alpha value is -0.698. The summed E-state index contributed by atoms with van der Waals surface area (Å²) in [4.78, 5) is 0. The van der Waals surface area contributed by atoms with E-state index in [1.165, 1.54) is 5.56 Å². The fourth-order valence-corrected chi connectivity index (χ4v) is 6.69. The van der Waals surface area contributed by atoms with E-state index in [4.69, 9.17) is 23.2 Å². The van der Waals surface area contributed by atoms with Crippen molar-refractivity contribution in [3.63, 3.8) is 0 Å². The van der Waals surface area contributed by atoms with Gasteiger partial charge in [-0.2, -0.15) is 0 Å². The Morgan fingerprint density at radius 3 is 2.25 bits per heavy atom. The summed E-state index contributed by atoms with van der Waals surface area (Å²) >= 11 is 0. The highest BCUT2D eigenvalue weighted by molar-refractivity contribution is 6.71. The molecule has 0 aromatic heterocycles. The molecule has 0 N–H and O–H groups in total. The van der Waals surface area contributed by atoms with Gasteiger partial charge >= 0.3 is 7.12 Å². The minimum Gasteiger partial charge on any atom is -0.416 e.